The second kappa shape index (κ2) is 15.7. The van der Waals surface area contributed by atoms with Crippen molar-refractivity contribution in [2.75, 3.05) is 13.7 Å². The Bertz CT molecular complexity index is 229. The van der Waals surface area contributed by atoms with Gasteiger partial charge in [0.05, 0.1) is 13.7 Å². The van der Waals surface area contributed by atoms with E-state index in [9.17, 15) is 4.79 Å². The van der Waals surface area contributed by atoms with Crippen molar-refractivity contribution in [2.45, 2.75) is 90.9 Å². The van der Waals surface area contributed by atoms with Crippen molar-refractivity contribution < 1.29 is 14.3 Å². The van der Waals surface area contributed by atoms with Gasteiger partial charge in [0, 0.05) is 0 Å². The summed E-state index contributed by atoms with van der Waals surface area (Å²) in [6, 6.07) is 0. The van der Waals surface area contributed by atoms with E-state index in [0.29, 0.717) is 12.5 Å². The molecule has 3 nitrogen and oxygen atoms in total. The Labute approximate surface area is 131 Å². The zero-order chi connectivity index (χ0) is 15.8. The predicted molar refractivity (Wildman–Crippen MR) is 88.6 cm³/mol. The van der Waals surface area contributed by atoms with Crippen LogP contribution in [0.5, 0.6) is 0 Å². The van der Waals surface area contributed by atoms with Crippen LogP contribution in [0.1, 0.15) is 90.9 Å². The van der Waals surface area contributed by atoms with Gasteiger partial charge < -0.3 is 9.47 Å². The van der Waals surface area contributed by atoms with Crippen LogP contribution < -0.4 is 0 Å². The van der Waals surface area contributed by atoms with Crippen molar-refractivity contribution in [1.29, 1.82) is 0 Å². The van der Waals surface area contributed by atoms with Crippen LogP contribution in [0.2, 0.25) is 0 Å². The first-order valence-electron chi connectivity index (χ1n) is 8.95. The van der Waals surface area contributed by atoms with E-state index < -0.39 is 6.16 Å². The lowest BCUT2D eigenvalue weighted by atomic mass is 9.95. The van der Waals surface area contributed by atoms with Crippen molar-refractivity contribution in [3.05, 3.63) is 0 Å². The summed E-state index contributed by atoms with van der Waals surface area (Å²) in [4.78, 5) is 11.1. The minimum absolute atomic E-state index is 0.507. The SMILES string of the molecule is CCCCCCCCC(CCCCCC)COC(=O)OC. The van der Waals surface area contributed by atoms with E-state index in [2.05, 4.69) is 18.6 Å². The van der Waals surface area contributed by atoms with Crippen LogP contribution in [-0.4, -0.2) is 19.9 Å². The summed E-state index contributed by atoms with van der Waals surface area (Å²) in [5.74, 6) is 0.507. The third kappa shape index (κ3) is 14.0. The van der Waals surface area contributed by atoms with E-state index in [4.69, 9.17) is 4.74 Å². The maximum Gasteiger partial charge on any atom is 0.507 e. The average molecular weight is 300 g/mol. The highest BCUT2D eigenvalue weighted by Crippen LogP contribution is 2.19. The number of unbranched alkanes of at least 4 members (excludes halogenated alkanes) is 8. The van der Waals surface area contributed by atoms with Crippen LogP contribution in [0.4, 0.5) is 4.79 Å². The molecule has 0 aliphatic carbocycles. The molecule has 0 bridgehead atoms. The number of methoxy groups -OCH3 is 1. The minimum Gasteiger partial charge on any atom is -0.438 e. The minimum atomic E-state index is -0.545. The van der Waals surface area contributed by atoms with Crippen LogP contribution in [0, 0.1) is 5.92 Å². The zero-order valence-electron chi connectivity index (χ0n) is 14.5. The Morgan fingerprint density at radius 1 is 0.810 bits per heavy atom. The fraction of sp³-hybridized carbons (Fsp3) is 0.944. The first kappa shape index (κ1) is 20.3. The Kier molecular flexibility index (Phi) is 15.1. The molecule has 0 amide bonds. The predicted octanol–water partition coefficient (Wildman–Crippen LogP) is 6.11. The molecule has 0 heterocycles. The topological polar surface area (TPSA) is 35.5 Å². The average Bonchev–Trinajstić information content (AvgIpc) is 2.51. The van der Waals surface area contributed by atoms with Crippen molar-refractivity contribution in [2.24, 2.45) is 5.92 Å². The lowest BCUT2D eigenvalue weighted by Crippen LogP contribution is -2.14. The summed E-state index contributed by atoms with van der Waals surface area (Å²) in [6.07, 6.45) is 14.8. The molecule has 0 saturated heterocycles. The van der Waals surface area contributed by atoms with Crippen LogP contribution in [0.15, 0.2) is 0 Å². The monoisotopic (exact) mass is 300 g/mol. The van der Waals surface area contributed by atoms with E-state index in [1.165, 1.54) is 84.2 Å². The lowest BCUT2D eigenvalue weighted by Gasteiger charge is -2.16. The van der Waals surface area contributed by atoms with E-state index in [0.717, 1.165) is 0 Å². The third-order valence-electron chi connectivity index (χ3n) is 4.04. The maximum absolute atomic E-state index is 11.1. The first-order chi connectivity index (χ1) is 10.2. The number of hydrogen-bond donors (Lipinski definition) is 0. The van der Waals surface area contributed by atoms with Crippen molar-refractivity contribution in [1.82, 2.24) is 0 Å². The van der Waals surface area contributed by atoms with Crippen LogP contribution in [0.25, 0.3) is 0 Å². The molecule has 126 valence electrons. The van der Waals surface area contributed by atoms with Crippen molar-refractivity contribution in [3.8, 4) is 0 Å². The quantitative estimate of drug-likeness (QED) is 0.287. The molecule has 0 aliphatic heterocycles. The Morgan fingerprint density at radius 3 is 1.81 bits per heavy atom. The van der Waals surface area contributed by atoms with E-state index in [-0.39, 0.29) is 0 Å². The number of carbonyl (C=O) groups excluding carboxylic acids is 1. The molecule has 0 spiro atoms. The maximum atomic E-state index is 11.1. The van der Waals surface area contributed by atoms with Gasteiger partial charge in [0.1, 0.15) is 0 Å². The Morgan fingerprint density at radius 2 is 1.29 bits per heavy atom. The van der Waals surface area contributed by atoms with Gasteiger partial charge in [-0.05, 0) is 18.8 Å². The van der Waals surface area contributed by atoms with E-state index in [1.54, 1.807) is 0 Å². The number of hydrogen-bond acceptors (Lipinski definition) is 3. The number of carbonyl (C=O) groups is 1. The molecule has 0 rings (SSSR count). The number of rotatable bonds is 14. The van der Waals surface area contributed by atoms with Crippen LogP contribution in [-0.2, 0) is 9.47 Å². The summed E-state index contributed by atoms with van der Waals surface area (Å²) in [5.41, 5.74) is 0. The van der Waals surface area contributed by atoms with Gasteiger partial charge in [0.2, 0.25) is 0 Å². The molecule has 0 aromatic heterocycles. The number of ether oxygens (including phenoxy) is 2. The van der Waals surface area contributed by atoms with Gasteiger partial charge in [-0.15, -0.1) is 0 Å². The molecule has 0 saturated carbocycles. The van der Waals surface area contributed by atoms with Gasteiger partial charge in [0.15, 0.2) is 0 Å². The zero-order valence-corrected chi connectivity index (χ0v) is 14.5. The largest absolute Gasteiger partial charge is 0.507 e. The van der Waals surface area contributed by atoms with Crippen molar-refractivity contribution in [3.63, 3.8) is 0 Å². The van der Waals surface area contributed by atoms with Gasteiger partial charge in [-0.1, -0.05) is 78.1 Å². The van der Waals surface area contributed by atoms with E-state index in [1.807, 2.05) is 0 Å². The fourth-order valence-corrected chi connectivity index (χ4v) is 2.63. The highest BCUT2D eigenvalue weighted by molar-refractivity contribution is 5.59. The summed E-state index contributed by atoms with van der Waals surface area (Å²) in [5, 5.41) is 0. The molecule has 21 heavy (non-hydrogen) atoms. The molecule has 0 aliphatic rings. The fourth-order valence-electron chi connectivity index (χ4n) is 2.63. The molecule has 1 atom stereocenters. The summed E-state index contributed by atoms with van der Waals surface area (Å²) in [7, 11) is 1.37. The molecule has 1 unspecified atom stereocenters. The highest BCUT2D eigenvalue weighted by Gasteiger charge is 2.12. The molecule has 0 N–H and O–H groups in total. The van der Waals surface area contributed by atoms with E-state index >= 15 is 0 Å². The summed E-state index contributed by atoms with van der Waals surface area (Å²) in [6.45, 7) is 5.00. The van der Waals surface area contributed by atoms with Gasteiger partial charge in [0.25, 0.3) is 0 Å². The molecule has 0 fully saturated rings. The molecule has 3 heteroatoms. The Hall–Kier alpha value is -0.730. The molecular weight excluding hydrogens is 264 g/mol. The lowest BCUT2D eigenvalue weighted by molar-refractivity contribution is 0.0567. The smallest absolute Gasteiger partial charge is 0.438 e. The van der Waals surface area contributed by atoms with Gasteiger partial charge in [-0.2, -0.15) is 0 Å². The molecule has 0 aromatic rings. The second-order valence-corrected chi connectivity index (χ2v) is 6.04. The van der Waals surface area contributed by atoms with Gasteiger partial charge in [-0.25, -0.2) is 4.79 Å². The molecule has 0 radical (unpaired) electrons. The summed E-state index contributed by atoms with van der Waals surface area (Å²) >= 11 is 0. The Balaban J connectivity index is 3.80. The van der Waals surface area contributed by atoms with Gasteiger partial charge >= 0.3 is 6.16 Å². The molecule has 0 aromatic carbocycles. The highest BCUT2D eigenvalue weighted by atomic mass is 16.7. The normalized spacial score (nSPS) is 12.1. The van der Waals surface area contributed by atoms with Crippen LogP contribution >= 0.6 is 0 Å². The summed E-state index contributed by atoms with van der Waals surface area (Å²) < 4.78 is 9.70. The van der Waals surface area contributed by atoms with Gasteiger partial charge in [-0.3, -0.25) is 0 Å². The van der Waals surface area contributed by atoms with Crippen LogP contribution in [0.3, 0.4) is 0 Å². The standard InChI is InChI=1S/C18H36O3/c1-4-6-8-10-11-13-15-17(14-12-9-7-5-2)16-21-18(19)20-3/h17H,4-16H2,1-3H3. The molecular formula is C18H36O3. The first-order valence-corrected chi connectivity index (χ1v) is 8.95. The third-order valence-corrected chi connectivity index (χ3v) is 4.04. The van der Waals surface area contributed by atoms with Crippen molar-refractivity contribution >= 4 is 6.16 Å². The second-order valence-electron chi connectivity index (χ2n) is 6.04.